The van der Waals surface area contributed by atoms with E-state index in [1.54, 1.807) is 17.0 Å². The average molecular weight is 456 g/mol. The monoisotopic (exact) mass is 455 g/mol. The summed E-state index contributed by atoms with van der Waals surface area (Å²) < 4.78 is 20.2. The predicted octanol–water partition coefficient (Wildman–Crippen LogP) is 4.96. The fourth-order valence-corrected chi connectivity index (χ4v) is 4.34. The maximum Gasteiger partial charge on any atom is 0.276 e. The summed E-state index contributed by atoms with van der Waals surface area (Å²) in [5.41, 5.74) is 5.64. The van der Waals surface area contributed by atoms with Crippen molar-refractivity contribution < 1.29 is 13.6 Å². The minimum atomic E-state index is -0.252. The maximum absolute atomic E-state index is 14.5. The van der Waals surface area contributed by atoms with Crippen LogP contribution in [0.15, 0.2) is 87.5 Å². The second-order valence-electron chi connectivity index (χ2n) is 8.65. The van der Waals surface area contributed by atoms with Gasteiger partial charge in [-0.3, -0.25) is 14.7 Å². The van der Waals surface area contributed by atoms with E-state index in [9.17, 15) is 9.18 Å². The molecule has 0 saturated heterocycles. The van der Waals surface area contributed by atoms with Gasteiger partial charge >= 0.3 is 0 Å². The molecule has 0 fully saturated rings. The minimum Gasteiger partial charge on any atom is -0.466 e. The molecule has 34 heavy (non-hydrogen) atoms. The van der Waals surface area contributed by atoms with E-state index in [1.807, 2.05) is 62.5 Å². The molecule has 1 amide bonds. The number of furan rings is 1. The van der Waals surface area contributed by atoms with Crippen LogP contribution in [0.2, 0.25) is 0 Å². The Balaban J connectivity index is 1.53. The van der Waals surface area contributed by atoms with Gasteiger partial charge in [0.25, 0.3) is 5.91 Å². The fourth-order valence-electron chi connectivity index (χ4n) is 4.34. The highest BCUT2D eigenvalue weighted by Crippen LogP contribution is 2.27. The van der Waals surface area contributed by atoms with Crippen LogP contribution < -0.4 is 5.32 Å². The molecule has 1 N–H and O–H groups in total. The Morgan fingerprint density at radius 3 is 2.56 bits per heavy atom. The molecule has 5 rings (SSSR count). The summed E-state index contributed by atoms with van der Waals surface area (Å²) in [5.74, 6) is 1.13. The molecule has 1 aromatic heterocycles. The van der Waals surface area contributed by atoms with Crippen molar-refractivity contribution in [2.75, 3.05) is 13.1 Å². The first-order chi connectivity index (χ1) is 16.5. The lowest BCUT2D eigenvalue weighted by Crippen LogP contribution is -2.39. The van der Waals surface area contributed by atoms with E-state index in [4.69, 9.17) is 4.42 Å². The number of hydrogen-bond acceptors (Lipinski definition) is 4. The lowest BCUT2D eigenvalue weighted by molar-refractivity contribution is -0.120. The highest BCUT2D eigenvalue weighted by molar-refractivity contribution is 6.40. The molecule has 0 bridgehead atoms. The van der Waals surface area contributed by atoms with Crippen LogP contribution in [-0.2, 0) is 17.6 Å². The molecule has 0 unspecified atom stereocenters. The molecule has 0 aliphatic carbocycles. The van der Waals surface area contributed by atoms with Crippen LogP contribution in [0.25, 0.3) is 5.70 Å². The molecular formula is C28H26FN3O2. The standard InChI is InChI=1S/C28H26FN3O2/c1-18-12-23(34-19(18)2)14-25-28(33)32-17-26(20-8-4-3-5-9-20)30-15-22(27(32)16-31-25)13-21-10-6-7-11-24(21)29/h3-12,17,30H,13-16H2,1-2H3. The van der Waals surface area contributed by atoms with Gasteiger partial charge in [0.2, 0.25) is 0 Å². The van der Waals surface area contributed by atoms with Crippen LogP contribution in [0.3, 0.4) is 0 Å². The Morgan fingerprint density at radius 2 is 1.82 bits per heavy atom. The molecule has 6 heteroatoms. The van der Waals surface area contributed by atoms with Crippen LogP contribution in [0, 0.1) is 19.7 Å². The summed E-state index contributed by atoms with van der Waals surface area (Å²) in [6.07, 6.45) is 2.58. The number of nitrogens with one attached hydrogen (secondary N) is 1. The maximum atomic E-state index is 14.5. The lowest BCUT2D eigenvalue weighted by atomic mass is 10.0. The van der Waals surface area contributed by atoms with E-state index in [1.165, 1.54) is 6.07 Å². The SMILES string of the molecule is Cc1cc(CC2=NCC3=C(Cc4ccccc4F)CNC(c4ccccc4)=CN3C2=O)oc1C. The van der Waals surface area contributed by atoms with Crippen LogP contribution in [-0.4, -0.2) is 29.6 Å². The molecule has 0 spiro atoms. The first kappa shape index (κ1) is 21.9. The second kappa shape index (κ2) is 9.14. The Kier molecular flexibility index (Phi) is 5.88. The van der Waals surface area contributed by atoms with E-state index >= 15 is 0 Å². The highest BCUT2D eigenvalue weighted by Gasteiger charge is 2.31. The summed E-state index contributed by atoms with van der Waals surface area (Å²) >= 11 is 0. The third kappa shape index (κ3) is 4.31. The molecule has 0 saturated carbocycles. The molecule has 0 atom stereocenters. The van der Waals surface area contributed by atoms with Crippen molar-refractivity contribution in [1.29, 1.82) is 0 Å². The van der Waals surface area contributed by atoms with Crippen LogP contribution in [0.4, 0.5) is 4.39 Å². The highest BCUT2D eigenvalue weighted by atomic mass is 19.1. The smallest absolute Gasteiger partial charge is 0.276 e. The minimum absolute atomic E-state index is 0.184. The van der Waals surface area contributed by atoms with Gasteiger partial charge in [-0.15, -0.1) is 0 Å². The third-order valence-electron chi connectivity index (χ3n) is 6.34. The molecule has 3 aromatic rings. The number of carbonyl (C=O) groups is 1. The summed E-state index contributed by atoms with van der Waals surface area (Å²) in [7, 11) is 0. The number of rotatable bonds is 5. The number of amides is 1. The first-order valence-corrected chi connectivity index (χ1v) is 11.4. The van der Waals surface area contributed by atoms with E-state index in [0.717, 1.165) is 39.6 Å². The number of halogens is 1. The molecule has 2 aliphatic heterocycles. The number of fused-ring (bicyclic) bond motifs is 1. The van der Waals surface area contributed by atoms with E-state index in [0.29, 0.717) is 37.2 Å². The zero-order valence-electron chi connectivity index (χ0n) is 19.3. The second-order valence-corrected chi connectivity index (χ2v) is 8.65. The topological polar surface area (TPSA) is 57.8 Å². The van der Waals surface area contributed by atoms with Gasteiger partial charge in [0, 0.05) is 24.9 Å². The van der Waals surface area contributed by atoms with Gasteiger partial charge in [0.15, 0.2) is 0 Å². The number of nitrogens with zero attached hydrogens (tertiary/aromatic N) is 2. The van der Waals surface area contributed by atoms with Crippen molar-refractivity contribution in [3.05, 3.63) is 112 Å². The zero-order chi connectivity index (χ0) is 23.7. The van der Waals surface area contributed by atoms with Gasteiger partial charge < -0.3 is 9.73 Å². The van der Waals surface area contributed by atoms with Crippen molar-refractivity contribution in [3.8, 4) is 0 Å². The summed E-state index contributed by atoms with van der Waals surface area (Å²) in [6, 6.07) is 18.6. The van der Waals surface area contributed by atoms with Crippen LogP contribution in [0.1, 0.15) is 28.2 Å². The molecule has 3 heterocycles. The molecule has 2 aliphatic rings. The lowest BCUT2D eigenvalue weighted by Gasteiger charge is -2.27. The molecule has 0 radical (unpaired) electrons. The molecule has 2 aromatic carbocycles. The van der Waals surface area contributed by atoms with Crippen LogP contribution >= 0.6 is 0 Å². The first-order valence-electron chi connectivity index (χ1n) is 11.4. The van der Waals surface area contributed by atoms with E-state index in [-0.39, 0.29) is 11.7 Å². The summed E-state index contributed by atoms with van der Waals surface area (Å²) in [4.78, 5) is 19.9. The third-order valence-corrected chi connectivity index (χ3v) is 6.34. The Hall–Kier alpha value is -3.93. The van der Waals surface area contributed by atoms with Gasteiger partial charge in [-0.2, -0.15) is 0 Å². The van der Waals surface area contributed by atoms with Gasteiger partial charge in [-0.1, -0.05) is 48.5 Å². The van der Waals surface area contributed by atoms with E-state index in [2.05, 4.69) is 10.3 Å². The Bertz CT molecular complexity index is 1320. The van der Waals surface area contributed by atoms with Gasteiger partial charge in [0.05, 0.1) is 18.7 Å². The van der Waals surface area contributed by atoms with Gasteiger partial charge in [0.1, 0.15) is 23.0 Å². The van der Waals surface area contributed by atoms with Crippen LogP contribution in [0.5, 0.6) is 0 Å². The van der Waals surface area contributed by atoms with Gasteiger partial charge in [-0.25, -0.2) is 4.39 Å². The number of benzene rings is 2. The average Bonchev–Trinajstić information content (AvgIpc) is 3.04. The molecule has 5 nitrogen and oxygen atoms in total. The van der Waals surface area contributed by atoms with Crippen molar-refractivity contribution in [2.45, 2.75) is 26.7 Å². The molecular weight excluding hydrogens is 429 g/mol. The van der Waals surface area contributed by atoms with Crippen molar-refractivity contribution in [1.82, 2.24) is 10.2 Å². The number of aryl methyl sites for hydroxylation is 2. The Morgan fingerprint density at radius 1 is 1.06 bits per heavy atom. The predicted molar refractivity (Wildman–Crippen MR) is 131 cm³/mol. The normalized spacial score (nSPS) is 16.0. The number of hydrogen-bond donors (Lipinski definition) is 1. The summed E-state index contributed by atoms with van der Waals surface area (Å²) in [5, 5.41) is 3.46. The zero-order valence-corrected chi connectivity index (χ0v) is 19.3. The Labute approximate surface area is 198 Å². The fraction of sp³-hybridized carbons (Fsp3) is 0.214. The van der Waals surface area contributed by atoms with E-state index < -0.39 is 0 Å². The van der Waals surface area contributed by atoms with Gasteiger partial charge in [-0.05, 0) is 48.2 Å². The van der Waals surface area contributed by atoms with Crippen molar-refractivity contribution >= 4 is 17.3 Å². The number of aliphatic imine (C=N–C) groups is 1. The van der Waals surface area contributed by atoms with Crippen molar-refractivity contribution in [2.24, 2.45) is 4.99 Å². The summed E-state index contributed by atoms with van der Waals surface area (Å²) in [6.45, 7) is 4.74. The van der Waals surface area contributed by atoms with Crippen molar-refractivity contribution in [3.63, 3.8) is 0 Å². The largest absolute Gasteiger partial charge is 0.466 e. The molecule has 172 valence electrons. The quantitative estimate of drug-likeness (QED) is 0.592. The number of carbonyl (C=O) groups excluding carboxylic acids is 1.